The lowest BCUT2D eigenvalue weighted by molar-refractivity contribution is -0.117. The number of hydrogen-bond donors (Lipinski definition) is 1. The summed E-state index contributed by atoms with van der Waals surface area (Å²) in [6, 6.07) is 7.33. The number of aliphatic hydroxyl groups is 1. The predicted molar refractivity (Wildman–Crippen MR) is 67.5 cm³/mol. The maximum atomic E-state index is 11.8. The van der Waals surface area contributed by atoms with Crippen LogP contribution in [0.2, 0.25) is 5.28 Å². The van der Waals surface area contributed by atoms with E-state index in [9.17, 15) is 9.90 Å². The molecule has 0 saturated carbocycles. The van der Waals surface area contributed by atoms with E-state index in [1.54, 1.807) is 0 Å². The molecule has 3 rings (SSSR count). The number of aliphatic hydroxyl groups excluding tert-OH is 1. The lowest BCUT2D eigenvalue weighted by atomic mass is 10.2. The molecule has 1 atom stereocenters. The number of β-amino-alcohol motifs (C(OH)–C–C–N with tert-alkyl or cyclic N) is 1. The van der Waals surface area contributed by atoms with Crippen LogP contribution >= 0.6 is 11.6 Å². The first-order valence-corrected chi connectivity index (χ1v) is 5.93. The Hall–Kier alpha value is -1.72. The van der Waals surface area contributed by atoms with Gasteiger partial charge in [-0.15, -0.1) is 0 Å². The van der Waals surface area contributed by atoms with Gasteiger partial charge in [0.15, 0.2) is 0 Å². The van der Waals surface area contributed by atoms with Crippen LogP contribution < -0.4 is 4.90 Å². The molecule has 92 valence electrons. The summed E-state index contributed by atoms with van der Waals surface area (Å²) < 4.78 is 0. The molecular weight excluding hydrogens is 254 g/mol. The van der Waals surface area contributed by atoms with Crippen LogP contribution in [0.5, 0.6) is 0 Å². The quantitative estimate of drug-likeness (QED) is 0.790. The Balaban J connectivity index is 2.19. The van der Waals surface area contributed by atoms with E-state index in [0.29, 0.717) is 11.3 Å². The van der Waals surface area contributed by atoms with Crippen molar-refractivity contribution in [3.8, 4) is 0 Å². The number of carbonyl (C=O) groups excluding carboxylic acids is 1. The molecule has 1 aliphatic heterocycles. The second kappa shape index (κ2) is 4.19. The van der Waals surface area contributed by atoms with Crippen molar-refractivity contribution in [2.24, 2.45) is 0 Å². The normalized spacial score (nSPS) is 19.8. The summed E-state index contributed by atoms with van der Waals surface area (Å²) in [5.41, 5.74) is 0.682. The summed E-state index contributed by atoms with van der Waals surface area (Å²) in [4.78, 5) is 21.5. The monoisotopic (exact) mass is 263 g/mol. The molecule has 18 heavy (non-hydrogen) atoms. The Labute approximate surface area is 108 Å². The molecule has 2 aromatic rings. The van der Waals surface area contributed by atoms with E-state index in [2.05, 4.69) is 9.97 Å². The van der Waals surface area contributed by atoms with Crippen molar-refractivity contribution >= 4 is 34.2 Å². The molecule has 1 saturated heterocycles. The SMILES string of the molecule is O=C1CC(O)CN1c1nc(Cl)nc2ccccc12. The van der Waals surface area contributed by atoms with Gasteiger partial charge in [0, 0.05) is 5.39 Å². The van der Waals surface area contributed by atoms with Crippen molar-refractivity contribution in [3.63, 3.8) is 0 Å². The van der Waals surface area contributed by atoms with Crippen LogP contribution in [-0.4, -0.2) is 33.6 Å². The summed E-state index contributed by atoms with van der Waals surface area (Å²) in [5.74, 6) is 0.314. The van der Waals surface area contributed by atoms with E-state index in [-0.39, 0.29) is 24.2 Å². The van der Waals surface area contributed by atoms with E-state index in [1.165, 1.54) is 4.90 Å². The minimum Gasteiger partial charge on any atom is -0.391 e. The number of aromatic nitrogens is 2. The molecular formula is C12H10ClN3O2. The Morgan fingerprint density at radius 2 is 2.11 bits per heavy atom. The molecule has 1 unspecified atom stereocenters. The highest BCUT2D eigenvalue weighted by Crippen LogP contribution is 2.28. The fourth-order valence-corrected chi connectivity index (χ4v) is 2.30. The molecule has 5 nitrogen and oxygen atoms in total. The number of rotatable bonds is 1. The first kappa shape index (κ1) is 11.4. The highest BCUT2D eigenvalue weighted by molar-refractivity contribution is 6.29. The topological polar surface area (TPSA) is 66.3 Å². The van der Waals surface area contributed by atoms with Crippen LogP contribution in [0.15, 0.2) is 24.3 Å². The van der Waals surface area contributed by atoms with Crippen LogP contribution in [0.4, 0.5) is 5.82 Å². The molecule has 0 aliphatic carbocycles. The average Bonchev–Trinajstić information content (AvgIpc) is 2.67. The van der Waals surface area contributed by atoms with E-state index in [4.69, 9.17) is 11.6 Å². The Morgan fingerprint density at radius 1 is 1.33 bits per heavy atom. The maximum absolute atomic E-state index is 11.8. The number of para-hydroxylation sites is 1. The number of anilines is 1. The Morgan fingerprint density at radius 3 is 2.83 bits per heavy atom. The summed E-state index contributed by atoms with van der Waals surface area (Å²) in [5, 5.41) is 10.4. The van der Waals surface area contributed by atoms with Crippen molar-refractivity contribution < 1.29 is 9.90 Å². The van der Waals surface area contributed by atoms with Crippen molar-refractivity contribution in [1.82, 2.24) is 9.97 Å². The van der Waals surface area contributed by atoms with Gasteiger partial charge in [0.1, 0.15) is 5.82 Å². The van der Waals surface area contributed by atoms with Gasteiger partial charge in [-0.3, -0.25) is 9.69 Å². The zero-order valence-electron chi connectivity index (χ0n) is 9.38. The van der Waals surface area contributed by atoms with Gasteiger partial charge in [0.2, 0.25) is 11.2 Å². The number of hydrogen-bond acceptors (Lipinski definition) is 4. The number of fused-ring (bicyclic) bond motifs is 1. The van der Waals surface area contributed by atoms with E-state index >= 15 is 0 Å². The third-order valence-electron chi connectivity index (χ3n) is 2.92. The molecule has 0 radical (unpaired) electrons. The largest absolute Gasteiger partial charge is 0.391 e. The van der Waals surface area contributed by atoms with Crippen LogP contribution in [0.25, 0.3) is 10.9 Å². The lowest BCUT2D eigenvalue weighted by Gasteiger charge is -2.16. The van der Waals surface area contributed by atoms with Gasteiger partial charge in [-0.2, -0.15) is 4.98 Å². The molecule has 0 spiro atoms. The highest BCUT2D eigenvalue weighted by Gasteiger charge is 2.31. The van der Waals surface area contributed by atoms with Crippen molar-refractivity contribution in [2.45, 2.75) is 12.5 Å². The van der Waals surface area contributed by atoms with E-state index in [1.807, 2.05) is 24.3 Å². The smallest absolute Gasteiger partial charge is 0.230 e. The highest BCUT2D eigenvalue weighted by atomic mass is 35.5. The summed E-state index contributed by atoms with van der Waals surface area (Å²) >= 11 is 5.86. The number of benzene rings is 1. The van der Waals surface area contributed by atoms with Crippen molar-refractivity contribution in [3.05, 3.63) is 29.5 Å². The minimum absolute atomic E-state index is 0.0953. The van der Waals surface area contributed by atoms with Gasteiger partial charge in [0.05, 0.1) is 24.6 Å². The Kier molecular flexibility index (Phi) is 2.65. The number of nitrogens with zero attached hydrogens (tertiary/aromatic N) is 3. The molecule has 1 aliphatic rings. The molecule has 6 heteroatoms. The van der Waals surface area contributed by atoms with Crippen molar-refractivity contribution in [2.75, 3.05) is 11.4 Å². The maximum Gasteiger partial charge on any atom is 0.230 e. The minimum atomic E-state index is -0.648. The fourth-order valence-electron chi connectivity index (χ4n) is 2.13. The van der Waals surface area contributed by atoms with Gasteiger partial charge in [0.25, 0.3) is 0 Å². The first-order valence-electron chi connectivity index (χ1n) is 5.56. The third-order valence-corrected chi connectivity index (χ3v) is 3.09. The van der Waals surface area contributed by atoms with Crippen LogP contribution in [0, 0.1) is 0 Å². The van der Waals surface area contributed by atoms with Gasteiger partial charge < -0.3 is 5.11 Å². The third kappa shape index (κ3) is 1.81. The van der Waals surface area contributed by atoms with Crippen LogP contribution in [-0.2, 0) is 4.79 Å². The summed E-state index contributed by atoms with van der Waals surface area (Å²) in [6.07, 6.45) is -0.527. The lowest BCUT2D eigenvalue weighted by Crippen LogP contribution is -2.26. The van der Waals surface area contributed by atoms with E-state index in [0.717, 1.165) is 5.39 Å². The van der Waals surface area contributed by atoms with Crippen LogP contribution in [0.3, 0.4) is 0 Å². The predicted octanol–water partition coefficient (Wildman–Crippen LogP) is 1.38. The summed E-state index contributed by atoms with van der Waals surface area (Å²) in [6.45, 7) is 0.246. The molecule has 1 aromatic heterocycles. The van der Waals surface area contributed by atoms with E-state index < -0.39 is 6.10 Å². The molecule has 1 amide bonds. The number of carbonyl (C=O) groups is 1. The van der Waals surface area contributed by atoms with Gasteiger partial charge in [-0.25, -0.2) is 4.98 Å². The second-order valence-corrected chi connectivity index (χ2v) is 4.53. The van der Waals surface area contributed by atoms with Gasteiger partial charge in [-0.05, 0) is 23.7 Å². The van der Waals surface area contributed by atoms with Crippen molar-refractivity contribution in [1.29, 1.82) is 0 Å². The fraction of sp³-hybridized carbons (Fsp3) is 0.250. The molecule has 2 heterocycles. The second-order valence-electron chi connectivity index (χ2n) is 4.20. The molecule has 1 aromatic carbocycles. The molecule has 1 fully saturated rings. The van der Waals surface area contributed by atoms with Gasteiger partial charge >= 0.3 is 0 Å². The standard InChI is InChI=1S/C12H10ClN3O2/c13-12-14-9-4-2-1-3-8(9)11(15-12)16-6-7(17)5-10(16)18/h1-4,7,17H,5-6H2. The Bertz CT molecular complexity index is 632. The average molecular weight is 264 g/mol. The van der Waals surface area contributed by atoms with Crippen LogP contribution in [0.1, 0.15) is 6.42 Å². The number of amides is 1. The number of halogens is 1. The zero-order chi connectivity index (χ0) is 12.7. The molecule has 0 bridgehead atoms. The molecule has 1 N–H and O–H groups in total. The first-order chi connectivity index (χ1) is 8.65. The van der Waals surface area contributed by atoms with Gasteiger partial charge in [-0.1, -0.05) is 12.1 Å². The zero-order valence-corrected chi connectivity index (χ0v) is 10.1. The summed E-state index contributed by atoms with van der Waals surface area (Å²) in [7, 11) is 0.